The number of thiol groups is 1. The smallest absolute Gasteiger partial charge is 0.0591 e. The van der Waals surface area contributed by atoms with Crippen LogP contribution in [0.4, 0.5) is 0 Å². The topological polar surface area (TPSA) is 9.23 Å². The fourth-order valence-electron chi connectivity index (χ4n) is 1.80. The van der Waals surface area contributed by atoms with Gasteiger partial charge in [0.05, 0.1) is 9.52 Å². The summed E-state index contributed by atoms with van der Waals surface area (Å²) >= 11 is 4.23. The van der Waals surface area contributed by atoms with Gasteiger partial charge in [0.2, 0.25) is 0 Å². The lowest BCUT2D eigenvalue weighted by molar-refractivity contribution is -0.00730. The van der Waals surface area contributed by atoms with Crippen molar-refractivity contribution in [3.05, 3.63) is 0 Å². The van der Waals surface area contributed by atoms with Crippen molar-refractivity contribution < 1.29 is 4.74 Å². The second-order valence-corrected chi connectivity index (χ2v) is 7.09. The van der Waals surface area contributed by atoms with E-state index in [0.717, 1.165) is 12.4 Å². The van der Waals surface area contributed by atoms with Gasteiger partial charge in [-0.05, 0) is 38.4 Å². The van der Waals surface area contributed by atoms with E-state index in [-0.39, 0.29) is 9.52 Å². The molecule has 0 aromatic carbocycles. The lowest BCUT2D eigenvalue weighted by Crippen LogP contribution is -2.38. The third-order valence-corrected chi connectivity index (χ3v) is 5.45. The molecule has 0 aromatic heterocycles. The highest BCUT2D eigenvalue weighted by Crippen LogP contribution is 2.24. The Bertz CT molecular complexity index is 124. The molecule has 0 aromatic rings. The zero-order chi connectivity index (χ0) is 8.86. The molecule has 0 bridgehead atoms. The maximum absolute atomic E-state index is 5.85. The van der Waals surface area contributed by atoms with Crippen molar-refractivity contribution >= 4 is 22.1 Å². The summed E-state index contributed by atoms with van der Waals surface area (Å²) in [5, 5.41) is 0.335. The molecule has 0 amide bonds. The lowest BCUT2D eigenvalue weighted by Gasteiger charge is -2.33. The van der Waals surface area contributed by atoms with E-state index >= 15 is 0 Å². The number of hydrogen-bond donors (Lipinski definition) is 1. The molecule has 3 heteroatoms. The van der Waals surface area contributed by atoms with Crippen LogP contribution in [0.3, 0.4) is 0 Å². The minimum atomic E-state index is -0.0130. The molecular formula is C9H20OSSi. The van der Waals surface area contributed by atoms with Gasteiger partial charge < -0.3 is 4.74 Å². The first kappa shape index (κ1) is 10.6. The summed E-state index contributed by atoms with van der Waals surface area (Å²) < 4.78 is 5.85. The average Bonchev–Trinajstić information content (AvgIpc) is 2.06. The van der Waals surface area contributed by atoms with Gasteiger partial charge in [0.25, 0.3) is 0 Å². The molecule has 1 unspecified atom stereocenters. The summed E-state index contributed by atoms with van der Waals surface area (Å²) in [5.41, 5.74) is 0. The van der Waals surface area contributed by atoms with Gasteiger partial charge in [-0.2, -0.15) is 12.6 Å². The van der Waals surface area contributed by atoms with Crippen LogP contribution in [0.15, 0.2) is 0 Å². The largest absolute Gasteiger partial charge is 0.379 e. The quantitative estimate of drug-likeness (QED) is 0.417. The first-order valence-corrected chi connectivity index (χ1v) is 7.36. The van der Waals surface area contributed by atoms with Crippen LogP contribution < -0.4 is 0 Å². The molecule has 1 saturated heterocycles. The SMILES string of the molecule is CC1([SiH2]CCCS)CCCCO1. The molecule has 1 rings (SSSR count). The highest BCUT2D eigenvalue weighted by Gasteiger charge is 2.26. The summed E-state index contributed by atoms with van der Waals surface area (Å²) in [5.74, 6) is 1.04. The molecule has 0 radical (unpaired) electrons. The fourth-order valence-corrected chi connectivity index (χ4v) is 4.48. The standard InChI is InChI=1S/C9H20OSSi/c1-9(12-8-4-7-11)5-2-3-6-10-9/h11H,2-8,12H2,1H3. The molecule has 1 aliphatic heterocycles. The van der Waals surface area contributed by atoms with Gasteiger partial charge in [-0.1, -0.05) is 6.04 Å². The normalized spacial score (nSPS) is 31.5. The summed E-state index contributed by atoms with van der Waals surface area (Å²) in [7, 11) is -0.0130. The van der Waals surface area contributed by atoms with E-state index in [1.807, 2.05) is 0 Å². The maximum Gasteiger partial charge on any atom is 0.0591 e. The molecule has 1 atom stereocenters. The molecule has 1 fully saturated rings. The molecule has 0 spiro atoms. The minimum absolute atomic E-state index is 0.0130. The molecule has 0 saturated carbocycles. The predicted molar refractivity (Wildman–Crippen MR) is 60.0 cm³/mol. The van der Waals surface area contributed by atoms with Crippen LogP contribution >= 0.6 is 12.6 Å². The summed E-state index contributed by atoms with van der Waals surface area (Å²) in [6, 6.07) is 1.40. The van der Waals surface area contributed by atoms with Crippen LogP contribution in [0.5, 0.6) is 0 Å². The third kappa shape index (κ3) is 3.50. The Balaban J connectivity index is 2.17. The van der Waals surface area contributed by atoms with Gasteiger partial charge in [-0.25, -0.2) is 0 Å². The van der Waals surface area contributed by atoms with E-state index in [2.05, 4.69) is 19.6 Å². The van der Waals surface area contributed by atoms with Crippen LogP contribution in [-0.4, -0.2) is 27.1 Å². The number of rotatable bonds is 4. The Morgan fingerprint density at radius 1 is 1.50 bits per heavy atom. The Morgan fingerprint density at radius 2 is 2.33 bits per heavy atom. The molecule has 12 heavy (non-hydrogen) atoms. The monoisotopic (exact) mass is 204 g/mol. The number of hydrogen-bond acceptors (Lipinski definition) is 2. The van der Waals surface area contributed by atoms with Crippen LogP contribution in [0, 0.1) is 0 Å². The van der Waals surface area contributed by atoms with Crippen LogP contribution in [0.25, 0.3) is 0 Å². The Morgan fingerprint density at radius 3 is 2.92 bits per heavy atom. The van der Waals surface area contributed by atoms with Gasteiger partial charge in [0.1, 0.15) is 0 Å². The summed E-state index contributed by atoms with van der Waals surface area (Å²) in [6.07, 6.45) is 5.25. The van der Waals surface area contributed by atoms with Crippen molar-refractivity contribution in [2.24, 2.45) is 0 Å². The minimum Gasteiger partial charge on any atom is -0.379 e. The van der Waals surface area contributed by atoms with E-state index in [0.29, 0.717) is 5.22 Å². The van der Waals surface area contributed by atoms with Crippen LogP contribution in [0.1, 0.15) is 32.6 Å². The first-order valence-electron chi connectivity index (χ1n) is 5.02. The van der Waals surface area contributed by atoms with Gasteiger partial charge in [-0.3, -0.25) is 0 Å². The van der Waals surface area contributed by atoms with Crippen LogP contribution in [-0.2, 0) is 4.74 Å². The van der Waals surface area contributed by atoms with Crippen molar-refractivity contribution in [1.29, 1.82) is 0 Å². The van der Waals surface area contributed by atoms with Crippen molar-refractivity contribution in [2.75, 3.05) is 12.4 Å². The van der Waals surface area contributed by atoms with E-state index in [1.165, 1.54) is 31.7 Å². The zero-order valence-corrected chi connectivity index (χ0v) is 10.3. The predicted octanol–water partition coefficient (Wildman–Crippen LogP) is 1.81. The molecular weight excluding hydrogens is 184 g/mol. The lowest BCUT2D eigenvalue weighted by atomic mass is 10.1. The van der Waals surface area contributed by atoms with E-state index in [9.17, 15) is 0 Å². The zero-order valence-electron chi connectivity index (χ0n) is 8.01. The Kier molecular flexibility index (Phi) is 4.68. The van der Waals surface area contributed by atoms with Gasteiger partial charge in [0, 0.05) is 11.8 Å². The highest BCUT2D eigenvalue weighted by atomic mass is 32.1. The first-order chi connectivity index (χ1) is 5.77. The third-order valence-electron chi connectivity index (χ3n) is 2.66. The molecule has 0 N–H and O–H groups in total. The van der Waals surface area contributed by atoms with Crippen LogP contribution in [0.2, 0.25) is 6.04 Å². The van der Waals surface area contributed by atoms with Gasteiger partial charge >= 0.3 is 0 Å². The van der Waals surface area contributed by atoms with Gasteiger partial charge in [-0.15, -0.1) is 0 Å². The van der Waals surface area contributed by atoms with Gasteiger partial charge in [0.15, 0.2) is 0 Å². The molecule has 1 nitrogen and oxygen atoms in total. The highest BCUT2D eigenvalue weighted by molar-refractivity contribution is 7.80. The van der Waals surface area contributed by atoms with E-state index in [4.69, 9.17) is 4.74 Å². The van der Waals surface area contributed by atoms with Crippen molar-refractivity contribution in [1.82, 2.24) is 0 Å². The Hall–Kier alpha value is 0.527. The van der Waals surface area contributed by atoms with Crippen molar-refractivity contribution in [3.8, 4) is 0 Å². The second kappa shape index (κ2) is 5.30. The van der Waals surface area contributed by atoms with Crippen molar-refractivity contribution in [2.45, 2.75) is 43.9 Å². The Labute approximate surface area is 83.5 Å². The number of ether oxygens (including phenoxy) is 1. The summed E-state index contributed by atoms with van der Waals surface area (Å²) in [4.78, 5) is 0. The van der Waals surface area contributed by atoms with Crippen molar-refractivity contribution in [3.63, 3.8) is 0 Å². The molecule has 0 aliphatic carbocycles. The van der Waals surface area contributed by atoms with E-state index < -0.39 is 0 Å². The average molecular weight is 204 g/mol. The summed E-state index contributed by atoms with van der Waals surface area (Å²) in [6.45, 7) is 3.32. The fraction of sp³-hybridized carbons (Fsp3) is 1.00. The van der Waals surface area contributed by atoms with E-state index in [1.54, 1.807) is 0 Å². The molecule has 72 valence electrons. The maximum atomic E-state index is 5.85. The second-order valence-electron chi connectivity index (χ2n) is 3.94. The molecule has 1 heterocycles. The molecule has 1 aliphatic rings.